The summed E-state index contributed by atoms with van der Waals surface area (Å²) >= 11 is 2.25. The lowest BCUT2D eigenvalue weighted by Crippen LogP contribution is -2.02. The Hall–Kier alpha value is -1.16. The molecule has 3 rings (SSSR count). The summed E-state index contributed by atoms with van der Waals surface area (Å²) in [6.45, 7) is 0. The van der Waals surface area contributed by atoms with Crippen molar-refractivity contribution in [3.63, 3.8) is 0 Å². The van der Waals surface area contributed by atoms with Crippen molar-refractivity contribution in [2.75, 3.05) is 0 Å². The van der Waals surface area contributed by atoms with Crippen LogP contribution < -0.4 is 0 Å². The van der Waals surface area contributed by atoms with Crippen LogP contribution in [-0.2, 0) is 0 Å². The molecular formula is C16H13IO. The van der Waals surface area contributed by atoms with Crippen LogP contribution in [-0.4, -0.2) is 5.78 Å². The zero-order valence-electron chi connectivity index (χ0n) is 9.84. The molecule has 2 atom stereocenters. The Balaban J connectivity index is 1.75. The second-order valence-corrected chi connectivity index (χ2v) is 5.98. The second kappa shape index (κ2) is 4.84. The Bertz CT molecular complexity index is 559. The van der Waals surface area contributed by atoms with E-state index in [1.165, 1.54) is 9.13 Å². The van der Waals surface area contributed by atoms with Gasteiger partial charge in [0.2, 0.25) is 0 Å². The molecule has 1 aliphatic rings. The highest BCUT2D eigenvalue weighted by Crippen LogP contribution is 2.49. The predicted molar refractivity (Wildman–Crippen MR) is 80.8 cm³/mol. The molecule has 0 saturated heterocycles. The molecule has 0 spiro atoms. The van der Waals surface area contributed by atoms with E-state index in [2.05, 4.69) is 34.7 Å². The summed E-state index contributed by atoms with van der Waals surface area (Å²) in [5.74, 6) is 0.908. The van der Waals surface area contributed by atoms with Gasteiger partial charge in [0.25, 0.3) is 0 Å². The van der Waals surface area contributed by atoms with Gasteiger partial charge >= 0.3 is 0 Å². The standard InChI is InChI=1S/C16H13IO/c17-13-8-6-12(7-9-13)16(18)15-10-14(15)11-4-2-1-3-5-11/h1-9,14-15H,10H2. The first-order valence-corrected chi connectivity index (χ1v) is 7.18. The van der Waals surface area contributed by atoms with Crippen molar-refractivity contribution in [2.24, 2.45) is 5.92 Å². The van der Waals surface area contributed by atoms with E-state index in [-0.39, 0.29) is 5.92 Å². The van der Waals surface area contributed by atoms with Crippen molar-refractivity contribution in [3.05, 3.63) is 69.3 Å². The van der Waals surface area contributed by atoms with E-state index in [0.29, 0.717) is 11.7 Å². The quantitative estimate of drug-likeness (QED) is 0.598. The molecule has 18 heavy (non-hydrogen) atoms. The molecule has 2 unspecified atom stereocenters. The second-order valence-electron chi connectivity index (χ2n) is 4.73. The molecule has 90 valence electrons. The average Bonchev–Trinajstić information content (AvgIpc) is 3.20. The number of Topliss-reactive ketones (excluding diaryl/α,β-unsaturated/α-hetero) is 1. The van der Waals surface area contributed by atoms with Crippen LogP contribution in [0.2, 0.25) is 0 Å². The Labute approximate surface area is 120 Å². The first-order chi connectivity index (χ1) is 8.75. The Morgan fingerprint density at radius 1 is 1.00 bits per heavy atom. The maximum absolute atomic E-state index is 12.3. The van der Waals surface area contributed by atoms with Crippen LogP contribution in [0.1, 0.15) is 28.3 Å². The van der Waals surface area contributed by atoms with Gasteiger partial charge in [0, 0.05) is 15.1 Å². The van der Waals surface area contributed by atoms with Crippen molar-refractivity contribution in [3.8, 4) is 0 Å². The molecule has 0 amide bonds. The summed E-state index contributed by atoms with van der Waals surface area (Å²) in [4.78, 5) is 12.3. The number of benzene rings is 2. The lowest BCUT2D eigenvalue weighted by atomic mass is 10.0. The highest BCUT2D eigenvalue weighted by molar-refractivity contribution is 14.1. The van der Waals surface area contributed by atoms with Crippen molar-refractivity contribution in [2.45, 2.75) is 12.3 Å². The number of ketones is 1. The molecule has 2 heteroatoms. The van der Waals surface area contributed by atoms with Crippen LogP contribution in [0.3, 0.4) is 0 Å². The first kappa shape index (κ1) is 11.9. The van der Waals surface area contributed by atoms with Crippen LogP contribution in [0.25, 0.3) is 0 Å². The molecule has 0 N–H and O–H groups in total. The third kappa shape index (κ3) is 2.34. The largest absolute Gasteiger partial charge is 0.294 e. The summed E-state index contributed by atoms with van der Waals surface area (Å²) in [6, 6.07) is 18.2. The van der Waals surface area contributed by atoms with Gasteiger partial charge < -0.3 is 0 Å². The molecule has 0 aliphatic heterocycles. The zero-order valence-corrected chi connectivity index (χ0v) is 12.0. The molecule has 1 fully saturated rings. The van der Waals surface area contributed by atoms with Gasteiger partial charge in [-0.25, -0.2) is 0 Å². The normalized spacial score (nSPS) is 21.6. The summed E-state index contributed by atoms with van der Waals surface area (Å²) in [6.07, 6.45) is 0.995. The number of carbonyl (C=O) groups is 1. The fourth-order valence-electron chi connectivity index (χ4n) is 2.38. The summed E-state index contributed by atoms with van der Waals surface area (Å²) in [7, 11) is 0. The maximum Gasteiger partial charge on any atom is 0.166 e. The van der Waals surface area contributed by atoms with Crippen LogP contribution in [0, 0.1) is 9.49 Å². The third-order valence-electron chi connectivity index (χ3n) is 3.48. The van der Waals surface area contributed by atoms with Gasteiger partial charge in [0.05, 0.1) is 0 Å². The summed E-state index contributed by atoms with van der Waals surface area (Å²) in [5.41, 5.74) is 2.14. The molecular weight excluding hydrogens is 335 g/mol. The maximum atomic E-state index is 12.3. The third-order valence-corrected chi connectivity index (χ3v) is 4.20. The number of hydrogen-bond donors (Lipinski definition) is 0. The van der Waals surface area contributed by atoms with Crippen molar-refractivity contribution >= 4 is 28.4 Å². The van der Waals surface area contributed by atoms with Crippen molar-refractivity contribution in [1.82, 2.24) is 0 Å². The monoisotopic (exact) mass is 348 g/mol. The zero-order chi connectivity index (χ0) is 12.5. The molecule has 0 radical (unpaired) electrons. The topological polar surface area (TPSA) is 17.1 Å². The van der Waals surface area contributed by atoms with Gasteiger partial charge in [-0.05, 0) is 52.6 Å². The van der Waals surface area contributed by atoms with Gasteiger partial charge in [-0.2, -0.15) is 0 Å². The smallest absolute Gasteiger partial charge is 0.166 e. The van der Waals surface area contributed by atoms with E-state index in [0.717, 1.165) is 12.0 Å². The van der Waals surface area contributed by atoms with Gasteiger partial charge in [0.1, 0.15) is 0 Å². The van der Waals surface area contributed by atoms with E-state index in [9.17, 15) is 4.79 Å². The molecule has 0 heterocycles. The number of hydrogen-bond acceptors (Lipinski definition) is 1. The van der Waals surface area contributed by atoms with Gasteiger partial charge in [0.15, 0.2) is 5.78 Å². The molecule has 0 bridgehead atoms. The van der Waals surface area contributed by atoms with Gasteiger partial charge in [-0.15, -0.1) is 0 Å². The summed E-state index contributed by atoms with van der Waals surface area (Å²) < 4.78 is 1.17. The van der Waals surface area contributed by atoms with Crippen molar-refractivity contribution in [1.29, 1.82) is 0 Å². The fraction of sp³-hybridized carbons (Fsp3) is 0.188. The molecule has 1 saturated carbocycles. The number of rotatable bonds is 3. The molecule has 2 aromatic rings. The molecule has 1 nitrogen and oxygen atoms in total. The molecule has 2 aromatic carbocycles. The summed E-state index contributed by atoms with van der Waals surface area (Å²) in [5, 5.41) is 0. The fourth-order valence-corrected chi connectivity index (χ4v) is 2.74. The van der Waals surface area contributed by atoms with Crippen LogP contribution >= 0.6 is 22.6 Å². The predicted octanol–water partition coefficient (Wildman–Crippen LogP) is 4.28. The Morgan fingerprint density at radius 3 is 2.33 bits per heavy atom. The van der Waals surface area contributed by atoms with Crippen LogP contribution in [0.5, 0.6) is 0 Å². The van der Waals surface area contributed by atoms with Crippen LogP contribution in [0.15, 0.2) is 54.6 Å². The first-order valence-electron chi connectivity index (χ1n) is 6.10. The Morgan fingerprint density at radius 2 is 1.67 bits per heavy atom. The number of halogens is 1. The average molecular weight is 348 g/mol. The van der Waals surface area contributed by atoms with E-state index in [1.54, 1.807) is 0 Å². The van der Waals surface area contributed by atoms with E-state index < -0.39 is 0 Å². The molecule has 0 aromatic heterocycles. The van der Waals surface area contributed by atoms with Gasteiger partial charge in [-0.3, -0.25) is 4.79 Å². The van der Waals surface area contributed by atoms with Crippen LogP contribution in [0.4, 0.5) is 0 Å². The minimum absolute atomic E-state index is 0.187. The van der Waals surface area contributed by atoms with Gasteiger partial charge in [-0.1, -0.05) is 42.5 Å². The lowest BCUT2D eigenvalue weighted by molar-refractivity contribution is 0.0965. The van der Waals surface area contributed by atoms with E-state index >= 15 is 0 Å². The minimum Gasteiger partial charge on any atom is -0.294 e. The van der Waals surface area contributed by atoms with E-state index in [1.807, 2.05) is 42.5 Å². The molecule has 1 aliphatic carbocycles. The lowest BCUT2D eigenvalue weighted by Gasteiger charge is -2.01. The highest BCUT2D eigenvalue weighted by atomic mass is 127. The Kier molecular flexibility index (Phi) is 3.20. The van der Waals surface area contributed by atoms with E-state index in [4.69, 9.17) is 0 Å². The number of carbonyl (C=O) groups excluding carboxylic acids is 1. The minimum atomic E-state index is 0.187. The highest BCUT2D eigenvalue weighted by Gasteiger charge is 2.43. The van der Waals surface area contributed by atoms with Crippen molar-refractivity contribution < 1.29 is 4.79 Å². The SMILES string of the molecule is O=C(c1ccc(I)cc1)C1CC1c1ccccc1.